The predicted molar refractivity (Wildman–Crippen MR) is 93.8 cm³/mol. The zero-order chi connectivity index (χ0) is 17.8. The summed E-state index contributed by atoms with van der Waals surface area (Å²) in [6.07, 6.45) is 0.820. The van der Waals surface area contributed by atoms with Crippen LogP contribution < -0.4 is 0 Å². The van der Waals surface area contributed by atoms with Gasteiger partial charge in [-0.3, -0.25) is 4.90 Å². The molecule has 7 nitrogen and oxygen atoms in total. The molecule has 0 unspecified atom stereocenters. The van der Waals surface area contributed by atoms with Gasteiger partial charge in [-0.2, -0.15) is 10.1 Å². The molecule has 3 aromatic heterocycles. The number of rotatable bonds is 7. The third-order valence-corrected chi connectivity index (χ3v) is 4.17. The maximum atomic E-state index is 5.95. The fourth-order valence-electron chi connectivity index (χ4n) is 2.64. The first-order valence-corrected chi connectivity index (χ1v) is 8.63. The quantitative estimate of drug-likeness (QED) is 0.650. The number of hydrogen-bond acceptors (Lipinski definition) is 7. The Kier molecular flexibility index (Phi) is 5.23. The normalized spacial score (nSPS) is 11.4. The smallest absolute Gasteiger partial charge is 0.294 e. The van der Waals surface area contributed by atoms with Gasteiger partial charge in [0.15, 0.2) is 5.76 Å². The molecule has 3 aromatic rings. The molecule has 3 heterocycles. The molecule has 0 N–H and O–H groups in total. The number of hydrogen-bond donors (Lipinski definition) is 0. The summed E-state index contributed by atoms with van der Waals surface area (Å²) in [5.41, 5.74) is 2.58. The van der Waals surface area contributed by atoms with Crippen LogP contribution in [0.15, 0.2) is 27.1 Å². The van der Waals surface area contributed by atoms with Gasteiger partial charge in [-0.15, -0.1) is 5.10 Å². The minimum Gasteiger partial charge on any atom is -0.456 e. The Balaban J connectivity index is 1.87. The van der Waals surface area contributed by atoms with Crippen LogP contribution in [0.2, 0.25) is 0 Å². The fourth-order valence-corrected chi connectivity index (χ4v) is 2.64. The molecule has 25 heavy (non-hydrogen) atoms. The molecule has 0 aliphatic rings. The zero-order valence-electron chi connectivity index (χ0n) is 15.1. The number of furan rings is 1. The average Bonchev–Trinajstić information content (AvgIpc) is 3.27. The van der Waals surface area contributed by atoms with Gasteiger partial charge in [0.2, 0.25) is 5.82 Å². The maximum absolute atomic E-state index is 5.95. The van der Waals surface area contributed by atoms with Crippen molar-refractivity contribution in [2.24, 2.45) is 0 Å². The Morgan fingerprint density at radius 3 is 2.52 bits per heavy atom. The van der Waals surface area contributed by atoms with E-state index < -0.39 is 0 Å². The monoisotopic (exact) mass is 341 g/mol. The summed E-state index contributed by atoms with van der Waals surface area (Å²) in [7, 11) is 0. The first-order chi connectivity index (χ1) is 12.1. The lowest BCUT2D eigenvalue weighted by atomic mass is 10.2. The van der Waals surface area contributed by atoms with Gasteiger partial charge in [0, 0.05) is 18.5 Å². The standard InChI is InChI=1S/C18H23N5O2/c1-5-15-13(11-23(6-2)7-3)10-16(24-15)18-19-17(22-25-18)14-9-8-12(4)20-21-14/h8-10H,5-7,11H2,1-4H3. The molecule has 0 saturated carbocycles. The van der Waals surface area contributed by atoms with Crippen molar-refractivity contribution < 1.29 is 8.94 Å². The summed E-state index contributed by atoms with van der Waals surface area (Å²) < 4.78 is 11.3. The van der Waals surface area contributed by atoms with Crippen molar-refractivity contribution in [3.8, 4) is 23.2 Å². The molecule has 0 saturated heterocycles. The van der Waals surface area contributed by atoms with Crippen LogP contribution in [0.5, 0.6) is 0 Å². The second-order valence-corrected chi connectivity index (χ2v) is 5.86. The molecular weight excluding hydrogens is 318 g/mol. The largest absolute Gasteiger partial charge is 0.456 e. The van der Waals surface area contributed by atoms with Crippen LogP contribution in [0, 0.1) is 6.92 Å². The Labute approximate surface area is 147 Å². The molecular formula is C18H23N5O2. The summed E-state index contributed by atoms with van der Waals surface area (Å²) in [5.74, 6) is 2.31. The predicted octanol–water partition coefficient (Wildman–Crippen LogP) is 3.50. The molecule has 0 aliphatic carbocycles. The lowest BCUT2D eigenvalue weighted by Gasteiger charge is -2.17. The van der Waals surface area contributed by atoms with Crippen molar-refractivity contribution in [2.75, 3.05) is 13.1 Å². The second-order valence-electron chi connectivity index (χ2n) is 5.86. The summed E-state index contributed by atoms with van der Waals surface area (Å²) in [4.78, 5) is 6.74. The van der Waals surface area contributed by atoms with E-state index in [-0.39, 0.29) is 0 Å². The average molecular weight is 341 g/mol. The molecule has 0 amide bonds. The van der Waals surface area contributed by atoms with Gasteiger partial charge < -0.3 is 8.94 Å². The van der Waals surface area contributed by atoms with Crippen LogP contribution in [0.25, 0.3) is 23.2 Å². The molecule has 0 aliphatic heterocycles. The van der Waals surface area contributed by atoms with Gasteiger partial charge in [0.25, 0.3) is 5.89 Å². The highest BCUT2D eigenvalue weighted by atomic mass is 16.5. The van der Waals surface area contributed by atoms with E-state index in [0.717, 1.165) is 43.1 Å². The molecule has 0 fully saturated rings. The number of aromatic nitrogens is 4. The second kappa shape index (κ2) is 7.57. The van der Waals surface area contributed by atoms with Crippen LogP contribution in [0.4, 0.5) is 0 Å². The molecule has 0 radical (unpaired) electrons. The molecule has 3 rings (SSSR count). The van der Waals surface area contributed by atoms with Gasteiger partial charge in [0.05, 0.1) is 5.69 Å². The van der Waals surface area contributed by atoms with Crippen molar-refractivity contribution in [1.29, 1.82) is 0 Å². The Morgan fingerprint density at radius 2 is 1.88 bits per heavy atom. The molecule has 0 atom stereocenters. The van der Waals surface area contributed by atoms with Crippen molar-refractivity contribution in [1.82, 2.24) is 25.2 Å². The molecule has 0 aromatic carbocycles. The van der Waals surface area contributed by atoms with Gasteiger partial charge in [-0.25, -0.2) is 0 Å². The number of aryl methyl sites for hydroxylation is 2. The van der Waals surface area contributed by atoms with E-state index in [2.05, 4.69) is 46.0 Å². The van der Waals surface area contributed by atoms with E-state index in [1.807, 2.05) is 25.1 Å². The minimum absolute atomic E-state index is 0.359. The molecule has 0 bridgehead atoms. The Bertz CT molecular complexity index is 818. The third kappa shape index (κ3) is 3.76. The summed E-state index contributed by atoms with van der Waals surface area (Å²) >= 11 is 0. The third-order valence-electron chi connectivity index (χ3n) is 4.17. The highest BCUT2D eigenvalue weighted by Gasteiger charge is 2.19. The van der Waals surface area contributed by atoms with E-state index in [0.29, 0.717) is 23.2 Å². The van der Waals surface area contributed by atoms with Crippen molar-refractivity contribution in [3.63, 3.8) is 0 Å². The van der Waals surface area contributed by atoms with E-state index in [1.165, 1.54) is 0 Å². The SMILES string of the molecule is CCc1oc(-c2nc(-c3ccc(C)nn3)no2)cc1CN(CC)CC. The first-order valence-electron chi connectivity index (χ1n) is 8.63. The Morgan fingerprint density at radius 1 is 1.08 bits per heavy atom. The van der Waals surface area contributed by atoms with Gasteiger partial charge in [0.1, 0.15) is 11.5 Å². The summed E-state index contributed by atoms with van der Waals surface area (Å²) in [6, 6.07) is 5.68. The minimum atomic E-state index is 0.359. The highest BCUT2D eigenvalue weighted by Crippen LogP contribution is 2.27. The number of nitrogens with zero attached hydrogens (tertiary/aromatic N) is 5. The van der Waals surface area contributed by atoms with Gasteiger partial charge in [-0.05, 0) is 38.2 Å². The zero-order valence-corrected chi connectivity index (χ0v) is 15.1. The van der Waals surface area contributed by atoms with Crippen molar-refractivity contribution in [3.05, 3.63) is 35.2 Å². The van der Waals surface area contributed by atoms with Crippen LogP contribution in [0.1, 0.15) is 37.8 Å². The van der Waals surface area contributed by atoms with Gasteiger partial charge in [-0.1, -0.05) is 25.9 Å². The van der Waals surface area contributed by atoms with E-state index >= 15 is 0 Å². The van der Waals surface area contributed by atoms with Gasteiger partial charge >= 0.3 is 0 Å². The molecule has 7 heteroatoms. The summed E-state index contributed by atoms with van der Waals surface area (Å²) in [6.45, 7) is 11.1. The maximum Gasteiger partial charge on any atom is 0.294 e. The van der Waals surface area contributed by atoms with E-state index in [9.17, 15) is 0 Å². The first kappa shape index (κ1) is 17.3. The Hall–Kier alpha value is -2.54. The van der Waals surface area contributed by atoms with Crippen LogP contribution in [0.3, 0.4) is 0 Å². The highest BCUT2D eigenvalue weighted by molar-refractivity contribution is 5.54. The fraction of sp³-hybridized carbons (Fsp3) is 0.444. The lowest BCUT2D eigenvalue weighted by molar-refractivity contribution is 0.293. The summed E-state index contributed by atoms with van der Waals surface area (Å²) in [5, 5.41) is 12.1. The topological polar surface area (TPSA) is 81.1 Å². The lowest BCUT2D eigenvalue weighted by Crippen LogP contribution is -2.22. The van der Waals surface area contributed by atoms with E-state index in [4.69, 9.17) is 8.94 Å². The van der Waals surface area contributed by atoms with Crippen LogP contribution in [-0.4, -0.2) is 38.3 Å². The van der Waals surface area contributed by atoms with Crippen LogP contribution in [-0.2, 0) is 13.0 Å². The van der Waals surface area contributed by atoms with Crippen molar-refractivity contribution in [2.45, 2.75) is 40.7 Å². The van der Waals surface area contributed by atoms with Crippen LogP contribution >= 0.6 is 0 Å². The molecule has 0 spiro atoms. The molecule has 132 valence electrons. The van der Waals surface area contributed by atoms with Crippen molar-refractivity contribution >= 4 is 0 Å². The van der Waals surface area contributed by atoms with E-state index in [1.54, 1.807) is 0 Å².